The summed E-state index contributed by atoms with van der Waals surface area (Å²) in [5.74, 6) is 0.555. The lowest BCUT2D eigenvalue weighted by atomic mass is 10.0. The van der Waals surface area contributed by atoms with Crippen LogP contribution < -0.4 is 5.32 Å². The Morgan fingerprint density at radius 2 is 2.17 bits per heavy atom. The molecule has 0 aliphatic heterocycles. The Labute approximate surface area is 169 Å². The van der Waals surface area contributed by atoms with Crippen molar-refractivity contribution in [2.24, 2.45) is 0 Å². The average molecular weight is 397 g/mol. The number of aromatic nitrogens is 3. The van der Waals surface area contributed by atoms with Gasteiger partial charge in [-0.2, -0.15) is 5.10 Å². The largest absolute Gasteiger partial charge is 0.465 e. The van der Waals surface area contributed by atoms with E-state index >= 15 is 0 Å². The molecule has 8 nitrogen and oxygen atoms in total. The minimum absolute atomic E-state index is 0.0403. The van der Waals surface area contributed by atoms with Crippen molar-refractivity contribution in [1.82, 2.24) is 20.1 Å². The maximum absolute atomic E-state index is 12.3. The minimum atomic E-state index is -0.821. The highest BCUT2D eigenvalue weighted by atomic mass is 16.4. The SMILES string of the molecule is Cc1cccnc1CC(=O)Nc1cc([C@H]2CC[C@@H](N(C(=O)O)C3(C)CC3)C2)[nH]n1. The molecular weight excluding hydrogens is 370 g/mol. The smallest absolute Gasteiger partial charge is 0.408 e. The van der Waals surface area contributed by atoms with Crippen molar-refractivity contribution in [3.8, 4) is 0 Å². The number of hydrogen-bond acceptors (Lipinski definition) is 4. The zero-order valence-corrected chi connectivity index (χ0v) is 16.8. The summed E-state index contributed by atoms with van der Waals surface area (Å²) in [5.41, 5.74) is 2.49. The van der Waals surface area contributed by atoms with Crippen LogP contribution >= 0.6 is 0 Å². The van der Waals surface area contributed by atoms with Gasteiger partial charge in [0.25, 0.3) is 0 Å². The molecule has 0 saturated heterocycles. The van der Waals surface area contributed by atoms with E-state index in [4.69, 9.17) is 0 Å². The summed E-state index contributed by atoms with van der Waals surface area (Å²) in [6.07, 6.45) is 5.49. The van der Waals surface area contributed by atoms with Crippen LogP contribution in [0.1, 0.15) is 61.9 Å². The Morgan fingerprint density at radius 3 is 2.86 bits per heavy atom. The Balaban J connectivity index is 1.36. The van der Waals surface area contributed by atoms with Gasteiger partial charge in [0.15, 0.2) is 5.82 Å². The number of carbonyl (C=O) groups is 2. The van der Waals surface area contributed by atoms with Crippen LogP contribution in [0.25, 0.3) is 0 Å². The van der Waals surface area contributed by atoms with Gasteiger partial charge in [0.2, 0.25) is 5.91 Å². The molecule has 2 aromatic heterocycles. The molecule has 0 radical (unpaired) electrons. The fourth-order valence-electron chi connectivity index (χ4n) is 4.38. The topological polar surface area (TPSA) is 111 Å². The summed E-state index contributed by atoms with van der Waals surface area (Å²) in [5, 5.41) is 19.7. The zero-order valence-electron chi connectivity index (χ0n) is 16.8. The summed E-state index contributed by atoms with van der Waals surface area (Å²) in [7, 11) is 0. The first-order chi connectivity index (χ1) is 13.9. The van der Waals surface area contributed by atoms with Crippen LogP contribution in [-0.4, -0.2) is 48.8 Å². The molecular formula is C21H27N5O3. The number of nitrogens with one attached hydrogen (secondary N) is 2. The monoisotopic (exact) mass is 397 g/mol. The number of carboxylic acid groups (broad SMARTS) is 1. The van der Waals surface area contributed by atoms with Crippen molar-refractivity contribution < 1.29 is 14.7 Å². The van der Waals surface area contributed by atoms with Crippen molar-refractivity contribution in [1.29, 1.82) is 0 Å². The molecule has 2 saturated carbocycles. The zero-order chi connectivity index (χ0) is 20.6. The maximum Gasteiger partial charge on any atom is 0.408 e. The van der Waals surface area contributed by atoms with Gasteiger partial charge in [-0.1, -0.05) is 6.07 Å². The third-order valence-corrected chi connectivity index (χ3v) is 6.28. The van der Waals surface area contributed by atoms with E-state index in [9.17, 15) is 14.7 Å². The molecule has 2 heterocycles. The highest BCUT2D eigenvalue weighted by Crippen LogP contribution is 2.47. The Bertz CT molecular complexity index is 921. The number of hydrogen-bond donors (Lipinski definition) is 3. The molecule has 2 amide bonds. The standard InChI is InChI=1S/C21H27N5O3/c1-13-4-3-9-22-16(13)12-19(27)23-18-11-17(24-25-18)14-5-6-15(10-14)26(20(28)29)21(2)7-8-21/h3-4,9,11,14-15H,5-8,10,12H2,1-2H3,(H,28,29)(H2,23,24,25,27)/t14-,15+/m0/s1. The van der Waals surface area contributed by atoms with E-state index < -0.39 is 6.09 Å². The number of anilines is 1. The molecule has 3 N–H and O–H groups in total. The maximum atomic E-state index is 12.3. The molecule has 0 aromatic carbocycles. The summed E-state index contributed by atoms with van der Waals surface area (Å²) < 4.78 is 0. The first-order valence-electron chi connectivity index (χ1n) is 10.1. The van der Waals surface area contributed by atoms with Crippen molar-refractivity contribution in [3.05, 3.63) is 41.3 Å². The number of H-pyrrole nitrogens is 1. The van der Waals surface area contributed by atoms with Gasteiger partial charge in [0.05, 0.1) is 12.1 Å². The number of rotatable bonds is 6. The minimum Gasteiger partial charge on any atom is -0.465 e. The van der Waals surface area contributed by atoms with E-state index in [-0.39, 0.29) is 29.8 Å². The van der Waals surface area contributed by atoms with Crippen LogP contribution in [0.5, 0.6) is 0 Å². The molecule has 154 valence electrons. The highest BCUT2D eigenvalue weighted by molar-refractivity contribution is 5.91. The Morgan fingerprint density at radius 1 is 1.38 bits per heavy atom. The molecule has 4 rings (SSSR count). The van der Waals surface area contributed by atoms with E-state index in [0.29, 0.717) is 5.82 Å². The molecule has 0 spiro atoms. The number of aromatic amines is 1. The fourth-order valence-corrected chi connectivity index (χ4v) is 4.38. The normalized spacial score (nSPS) is 22.3. The van der Waals surface area contributed by atoms with Crippen molar-refractivity contribution >= 4 is 17.8 Å². The average Bonchev–Trinajstić information content (AvgIpc) is 3.07. The van der Waals surface area contributed by atoms with Crippen LogP contribution in [0.3, 0.4) is 0 Å². The van der Waals surface area contributed by atoms with Crippen LogP contribution in [-0.2, 0) is 11.2 Å². The first kappa shape index (κ1) is 19.4. The second-order valence-corrected chi connectivity index (χ2v) is 8.51. The summed E-state index contributed by atoms with van der Waals surface area (Å²) in [6.45, 7) is 3.96. The second-order valence-electron chi connectivity index (χ2n) is 8.51. The highest BCUT2D eigenvalue weighted by Gasteiger charge is 2.50. The van der Waals surface area contributed by atoms with E-state index in [2.05, 4.69) is 20.5 Å². The van der Waals surface area contributed by atoms with Gasteiger partial charge in [-0.3, -0.25) is 19.8 Å². The van der Waals surface area contributed by atoms with Gasteiger partial charge < -0.3 is 10.4 Å². The number of pyridine rings is 1. The number of amides is 2. The lowest BCUT2D eigenvalue weighted by Gasteiger charge is -2.32. The van der Waals surface area contributed by atoms with Gasteiger partial charge >= 0.3 is 6.09 Å². The van der Waals surface area contributed by atoms with Crippen molar-refractivity contribution in [2.45, 2.75) is 69.9 Å². The summed E-state index contributed by atoms with van der Waals surface area (Å²) in [6, 6.07) is 5.68. The van der Waals surface area contributed by atoms with E-state index in [0.717, 1.165) is 49.1 Å². The molecule has 2 fully saturated rings. The third kappa shape index (κ3) is 4.11. The van der Waals surface area contributed by atoms with Gasteiger partial charge in [-0.05, 0) is 57.6 Å². The second kappa shape index (κ2) is 7.50. The molecule has 0 unspecified atom stereocenters. The van der Waals surface area contributed by atoms with Crippen molar-refractivity contribution in [2.75, 3.05) is 5.32 Å². The van der Waals surface area contributed by atoms with Gasteiger partial charge in [-0.15, -0.1) is 0 Å². The van der Waals surface area contributed by atoms with E-state index in [1.165, 1.54) is 0 Å². The lowest BCUT2D eigenvalue weighted by molar-refractivity contribution is -0.115. The molecule has 8 heteroatoms. The number of aryl methyl sites for hydroxylation is 1. The first-order valence-corrected chi connectivity index (χ1v) is 10.1. The van der Waals surface area contributed by atoms with Gasteiger partial charge in [-0.25, -0.2) is 4.79 Å². The van der Waals surface area contributed by atoms with Gasteiger partial charge in [0, 0.05) is 35.5 Å². The van der Waals surface area contributed by atoms with Crippen LogP contribution in [0.2, 0.25) is 0 Å². The summed E-state index contributed by atoms with van der Waals surface area (Å²) in [4.78, 5) is 30.0. The predicted molar refractivity (Wildman–Crippen MR) is 108 cm³/mol. The number of carbonyl (C=O) groups excluding carboxylic acids is 1. The van der Waals surface area contributed by atoms with Crippen LogP contribution in [0, 0.1) is 6.92 Å². The molecule has 29 heavy (non-hydrogen) atoms. The fraction of sp³-hybridized carbons (Fsp3) is 0.524. The summed E-state index contributed by atoms with van der Waals surface area (Å²) >= 11 is 0. The third-order valence-electron chi connectivity index (χ3n) is 6.28. The Kier molecular flexibility index (Phi) is 5.02. The molecule has 2 aromatic rings. The van der Waals surface area contributed by atoms with E-state index in [1.54, 1.807) is 11.1 Å². The molecule has 2 aliphatic rings. The Hall–Kier alpha value is -2.90. The molecule has 2 aliphatic carbocycles. The predicted octanol–water partition coefficient (Wildman–Crippen LogP) is 3.46. The van der Waals surface area contributed by atoms with Gasteiger partial charge in [0.1, 0.15) is 0 Å². The quantitative estimate of drug-likeness (QED) is 0.691. The molecule has 2 atom stereocenters. The van der Waals surface area contributed by atoms with Crippen LogP contribution in [0.15, 0.2) is 24.4 Å². The molecule has 0 bridgehead atoms. The van der Waals surface area contributed by atoms with E-state index in [1.807, 2.05) is 32.0 Å². The van der Waals surface area contributed by atoms with Crippen LogP contribution in [0.4, 0.5) is 10.6 Å². The lowest BCUT2D eigenvalue weighted by Crippen LogP contribution is -2.45. The number of nitrogens with zero attached hydrogens (tertiary/aromatic N) is 3. The van der Waals surface area contributed by atoms with Crippen molar-refractivity contribution in [3.63, 3.8) is 0 Å².